The fourth-order valence-electron chi connectivity index (χ4n) is 3.33. The first-order valence-electron chi connectivity index (χ1n) is 12.1. The van der Waals surface area contributed by atoms with E-state index in [1.54, 1.807) is 0 Å². The smallest absolute Gasteiger partial charge is 0.0892 e. The largest absolute Gasteiger partial charge is 0.242 e. The first-order valence-corrected chi connectivity index (χ1v) is 12.1. The summed E-state index contributed by atoms with van der Waals surface area (Å²) in [5.74, 6) is 0. The van der Waals surface area contributed by atoms with E-state index in [9.17, 15) is 0 Å². The number of unbranched alkanes of at least 4 members (excludes halogenated alkanes) is 16. The molecule has 0 amide bonds. The van der Waals surface area contributed by atoms with Gasteiger partial charge >= 0.3 is 0 Å². The molecule has 0 unspecified atom stereocenters. The molecule has 0 bridgehead atoms. The highest BCUT2D eigenvalue weighted by atomic mass is 14.8. The van der Waals surface area contributed by atoms with E-state index in [1.807, 2.05) is 0 Å². The zero-order chi connectivity index (χ0) is 20.4. The summed E-state index contributed by atoms with van der Waals surface area (Å²) in [7, 11) is 0. The molecule has 162 valence electrons. The maximum Gasteiger partial charge on any atom is 0.0892 e. The Hall–Kier alpha value is -1.24. The van der Waals surface area contributed by atoms with Crippen molar-refractivity contribution in [1.29, 1.82) is 5.41 Å². The van der Waals surface area contributed by atoms with Crippen molar-refractivity contribution < 1.29 is 0 Å². The number of rotatable bonds is 22. The van der Waals surface area contributed by atoms with Gasteiger partial charge in [-0.15, -0.1) is 0 Å². The Morgan fingerprint density at radius 3 is 1.14 bits per heavy atom. The molecular formula is C24H46N4. The van der Waals surface area contributed by atoms with Crippen LogP contribution in [0.25, 0.3) is 0 Å². The van der Waals surface area contributed by atoms with Crippen LogP contribution < -0.4 is 0 Å². The molecule has 0 heterocycles. The molecule has 0 aliphatic carbocycles. The van der Waals surface area contributed by atoms with Crippen molar-refractivity contribution in [3.8, 4) is 0 Å². The van der Waals surface area contributed by atoms with Gasteiger partial charge in [0.1, 0.15) is 0 Å². The van der Waals surface area contributed by atoms with Crippen LogP contribution in [-0.2, 0) is 0 Å². The number of aliphatic imine (C=N–C) groups is 3. The number of nitrogens with zero attached hydrogens (tertiary/aromatic N) is 3. The van der Waals surface area contributed by atoms with E-state index >= 15 is 0 Å². The van der Waals surface area contributed by atoms with E-state index in [-0.39, 0.29) is 0 Å². The molecule has 0 aliphatic heterocycles. The van der Waals surface area contributed by atoms with E-state index in [0.29, 0.717) is 0 Å². The minimum atomic E-state index is 0.730. The van der Waals surface area contributed by atoms with Crippen molar-refractivity contribution in [2.24, 2.45) is 15.0 Å². The average Bonchev–Trinajstić information content (AvgIpc) is 2.71. The summed E-state index contributed by atoms with van der Waals surface area (Å²) in [6, 6.07) is 4.91. The molecule has 0 aliphatic rings. The second kappa shape index (κ2) is 25.8. The van der Waals surface area contributed by atoms with Gasteiger partial charge in [0.05, 0.1) is 12.0 Å². The van der Waals surface area contributed by atoms with Gasteiger partial charge in [0.15, 0.2) is 0 Å². The van der Waals surface area contributed by atoms with Gasteiger partial charge in [0.25, 0.3) is 0 Å². The third kappa shape index (κ3) is 24.8. The Kier molecular flexibility index (Phi) is 24.6. The molecule has 0 aromatic rings. The standard InChI is InChI=1S/C24H46N4/c1-2-3-4-5-6-7-8-9-10-11-12-13-14-18-21-27-24-28-22-19-16-15-17-20-26-23-25/h25H,2-22H2,1H3. The summed E-state index contributed by atoms with van der Waals surface area (Å²) >= 11 is 0. The molecule has 1 N–H and O–H groups in total. The van der Waals surface area contributed by atoms with Crippen LogP contribution in [0.1, 0.15) is 122 Å². The fourth-order valence-corrected chi connectivity index (χ4v) is 3.33. The normalized spacial score (nSPS) is 10.3. The van der Waals surface area contributed by atoms with Crippen LogP contribution in [0.4, 0.5) is 0 Å². The van der Waals surface area contributed by atoms with Gasteiger partial charge in [-0.3, -0.25) is 0 Å². The molecule has 4 nitrogen and oxygen atoms in total. The van der Waals surface area contributed by atoms with Crippen LogP contribution in [0.2, 0.25) is 0 Å². The predicted molar refractivity (Wildman–Crippen MR) is 123 cm³/mol. The molecule has 0 radical (unpaired) electrons. The highest BCUT2D eigenvalue weighted by Crippen LogP contribution is 2.12. The lowest BCUT2D eigenvalue weighted by Gasteiger charge is -2.02. The van der Waals surface area contributed by atoms with Crippen LogP contribution >= 0.6 is 0 Å². The van der Waals surface area contributed by atoms with Gasteiger partial charge in [0, 0.05) is 19.6 Å². The summed E-state index contributed by atoms with van der Waals surface area (Å²) in [5.41, 5.74) is 0. The van der Waals surface area contributed by atoms with Crippen molar-refractivity contribution >= 4 is 12.0 Å². The Balaban J connectivity index is 3.15. The number of hydrogen-bond donors (Lipinski definition) is 1. The first kappa shape index (κ1) is 26.8. The lowest BCUT2D eigenvalue weighted by molar-refractivity contribution is 0.536. The van der Waals surface area contributed by atoms with Crippen molar-refractivity contribution in [2.75, 3.05) is 19.6 Å². The maximum absolute atomic E-state index is 6.68. The van der Waals surface area contributed by atoms with E-state index in [0.717, 1.165) is 45.3 Å². The second-order valence-corrected chi connectivity index (χ2v) is 7.87. The minimum Gasteiger partial charge on any atom is -0.242 e. The van der Waals surface area contributed by atoms with E-state index in [1.165, 1.54) is 89.9 Å². The van der Waals surface area contributed by atoms with Crippen LogP contribution in [0.15, 0.2) is 15.0 Å². The van der Waals surface area contributed by atoms with Crippen LogP contribution in [0, 0.1) is 5.41 Å². The molecule has 0 atom stereocenters. The number of hydrogen-bond acceptors (Lipinski definition) is 4. The van der Waals surface area contributed by atoms with Crippen LogP contribution in [-0.4, -0.2) is 31.7 Å². The van der Waals surface area contributed by atoms with Gasteiger partial charge in [-0.25, -0.2) is 20.4 Å². The number of nitrogens with one attached hydrogen (secondary N) is 1. The van der Waals surface area contributed by atoms with Gasteiger partial charge < -0.3 is 0 Å². The molecule has 0 saturated heterocycles. The average molecular weight is 391 g/mol. The van der Waals surface area contributed by atoms with Gasteiger partial charge in [-0.05, 0) is 19.3 Å². The zero-order valence-electron chi connectivity index (χ0n) is 18.7. The van der Waals surface area contributed by atoms with E-state index < -0.39 is 0 Å². The second-order valence-electron chi connectivity index (χ2n) is 7.87. The topological polar surface area (TPSA) is 60.9 Å². The molecule has 4 heteroatoms. The molecule has 0 aromatic heterocycles. The third-order valence-electron chi connectivity index (χ3n) is 5.13. The minimum absolute atomic E-state index is 0.730. The molecular weight excluding hydrogens is 344 g/mol. The SMILES string of the molecule is CCCCCCCCCCCCCCCCN=C=NCCCCCCN=C=N. The Labute approximate surface area is 175 Å². The van der Waals surface area contributed by atoms with E-state index in [4.69, 9.17) is 5.41 Å². The van der Waals surface area contributed by atoms with Crippen molar-refractivity contribution in [2.45, 2.75) is 122 Å². The molecule has 0 saturated carbocycles. The maximum atomic E-state index is 6.68. The van der Waals surface area contributed by atoms with Crippen LogP contribution in [0.3, 0.4) is 0 Å². The van der Waals surface area contributed by atoms with Crippen LogP contribution in [0.5, 0.6) is 0 Å². The predicted octanol–water partition coefficient (Wildman–Crippen LogP) is 7.95. The molecule has 28 heavy (non-hydrogen) atoms. The molecule has 0 spiro atoms. The highest BCUT2D eigenvalue weighted by Gasteiger charge is 1.94. The Morgan fingerprint density at radius 2 is 0.786 bits per heavy atom. The summed E-state index contributed by atoms with van der Waals surface area (Å²) in [6.45, 7) is 4.72. The lowest BCUT2D eigenvalue weighted by Crippen LogP contribution is -1.86. The van der Waals surface area contributed by atoms with E-state index in [2.05, 4.69) is 33.9 Å². The van der Waals surface area contributed by atoms with Gasteiger partial charge in [-0.1, -0.05) is 103 Å². The van der Waals surface area contributed by atoms with Crippen molar-refractivity contribution in [3.63, 3.8) is 0 Å². The molecule has 0 aromatic carbocycles. The fraction of sp³-hybridized carbons (Fsp3) is 0.917. The molecule has 0 fully saturated rings. The quantitative estimate of drug-likeness (QED) is 0.144. The molecule has 0 rings (SSSR count). The summed E-state index contributed by atoms with van der Waals surface area (Å²) in [5, 5.41) is 6.68. The Bertz CT molecular complexity index is 407. The van der Waals surface area contributed by atoms with Crippen molar-refractivity contribution in [3.05, 3.63) is 0 Å². The van der Waals surface area contributed by atoms with Gasteiger partial charge in [0.2, 0.25) is 0 Å². The lowest BCUT2D eigenvalue weighted by atomic mass is 10.0. The monoisotopic (exact) mass is 390 g/mol. The Morgan fingerprint density at radius 1 is 0.464 bits per heavy atom. The summed E-state index contributed by atoms with van der Waals surface area (Å²) in [6.07, 6.45) is 23.9. The third-order valence-corrected chi connectivity index (χ3v) is 5.13. The highest BCUT2D eigenvalue weighted by molar-refractivity contribution is 5.40. The zero-order valence-corrected chi connectivity index (χ0v) is 18.7. The summed E-state index contributed by atoms with van der Waals surface area (Å²) < 4.78 is 0. The first-order chi connectivity index (χ1) is 13.9. The van der Waals surface area contributed by atoms with Crippen molar-refractivity contribution in [1.82, 2.24) is 0 Å². The van der Waals surface area contributed by atoms with Gasteiger partial charge in [-0.2, -0.15) is 0 Å². The summed E-state index contributed by atoms with van der Waals surface area (Å²) in [4.78, 5) is 12.3.